The molecule has 2 saturated heterocycles. The predicted molar refractivity (Wildman–Crippen MR) is 166 cm³/mol. The van der Waals surface area contributed by atoms with Gasteiger partial charge in [0.25, 0.3) is 0 Å². The number of ether oxygens (including phenoxy) is 5. The van der Waals surface area contributed by atoms with Crippen molar-refractivity contribution in [2.45, 2.75) is 89.6 Å². The van der Waals surface area contributed by atoms with Crippen LogP contribution in [-0.4, -0.2) is 80.1 Å². The third-order valence-corrected chi connectivity index (χ3v) is 9.48. The quantitative estimate of drug-likeness (QED) is 0.350. The third-order valence-electron chi connectivity index (χ3n) is 8.68. The second-order valence-electron chi connectivity index (χ2n) is 12.4. The Kier molecular flexibility index (Phi) is 10.2. The molecular weight excluding hydrogens is 636 g/mol. The maximum absolute atomic E-state index is 13.8. The van der Waals surface area contributed by atoms with E-state index in [1.165, 1.54) is 12.0 Å². The molecule has 0 aliphatic carbocycles. The average molecular weight is 680 g/mol. The van der Waals surface area contributed by atoms with Gasteiger partial charge >= 0.3 is 12.1 Å². The van der Waals surface area contributed by atoms with Crippen LogP contribution in [0.4, 0.5) is 10.5 Å². The van der Waals surface area contributed by atoms with Gasteiger partial charge in [0.05, 0.1) is 35.7 Å². The number of anilines is 1. The number of carbonyl (C=O) groups is 3. The fraction of sp³-hybridized carbons (Fsp3) is 0.594. The van der Waals surface area contributed by atoms with Crippen molar-refractivity contribution in [3.63, 3.8) is 0 Å². The van der Waals surface area contributed by atoms with Crippen molar-refractivity contribution < 1.29 is 43.2 Å². The van der Waals surface area contributed by atoms with Crippen molar-refractivity contribution in [1.29, 1.82) is 0 Å². The van der Waals surface area contributed by atoms with E-state index in [1.807, 2.05) is 32.1 Å². The molecule has 7 atom stereocenters. The maximum atomic E-state index is 13.8. The zero-order valence-corrected chi connectivity index (χ0v) is 28.1. The van der Waals surface area contributed by atoms with Crippen LogP contribution in [0.2, 0.25) is 0 Å². The van der Waals surface area contributed by atoms with Crippen molar-refractivity contribution in [2.75, 3.05) is 26.2 Å². The Morgan fingerprint density at radius 2 is 1.95 bits per heavy atom. The number of amides is 2. The second-order valence-corrected chi connectivity index (χ2v) is 13.2. The van der Waals surface area contributed by atoms with Gasteiger partial charge < -0.3 is 33.7 Å². The van der Waals surface area contributed by atoms with E-state index in [9.17, 15) is 19.5 Å². The molecule has 2 N–H and O–H groups in total. The van der Waals surface area contributed by atoms with Crippen LogP contribution in [0.15, 0.2) is 40.4 Å². The molecule has 44 heavy (non-hydrogen) atoms. The molecule has 3 aliphatic heterocycles. The number of nitrogens with one attached hydrogen (secondary N) is 1. The Morgan fingerprint density at radius 3 is 2.59 bits per heavy atom. The number of epoxide rings is 1. The minimum Gasteiger partial charge on any atom is -0.495 e. The minimum atomic E-state index is -1.76. The number of rotatable bonds is 4. The summed E-state index contributed by atoms with van der Waals surface area (Å²) < 4.78 is 29.5. The van der Waals surface area contributed by atoms with E-state index in [-0.39, 0.29) is 18.7 Å². The highest BCUT2D eigenvalue weighted by atomic mass is 79.9. The highest BCUT2D eigenvalue weighted by Crippen LogP contribution is 2.49. The standard InChI is InChI=1S/C32H43BrN2O9/c1-17(2)29(37)43-25-15-26(36)35(6)21-13-20(14-22(40-7)27(21)33)12-18(3)10-9-11-24(41-8)32(39)16-23(42-30(38)34-32)19(4)28-31(25,5)44-28/h9-11,13-14,17,19,23-25,28,39H,12,15-16H2,1-8H3,(H,34,38)/b11-9+,18-10+/t19-,23+,24-,25+,28+,31+,32+/m1/s1. The van der Waals surface area contributed by atoms with Gasteiger partial charge in [0.15, 0.2) is 5.72 Å². The van der Waals surface area contributed by atoms with Gasteiger partial charge in [-0.05, 0) is 53.9 Å². The number of benzene rings is 1. The summed E-state index contributed by atoms with van der Waals surface area (Å²) in [6.45, 7) is 9.03. The first-order valence-electron chi connectivity index (χ1n) is 14.7. The number of esters is 1. The molecule has 2 amide bonds. The van der Waals surface area contributed by atoms with E-state index >= 15 is 0 Å². The molecular formula is C32H43BrN2O9. The number of aliphatic hydroxyl groups is 1. The van der Waals surface area contributed by atoms with Crippen molar-refractivity contribution in [3.05, 3.63) is 46.0 Å². The molecule has 242 valence electrons. The summed E-state index contributed by atoms with van der Waals surface area (Å²) in [5.41, 5.74) is -0.322. The first-order chi connectivity index (χ1) is 20.6. The van der Waals surface area contributed by atoms with Crippen molar-refractivity contribution >= 4 is 39.6 Å². The number of alkyl carbamates (subject to hydrolysis) is 1. The van der Waals surface area contributed by atoms with Crippen LogP contribution in [0.25, 0.3) is 0 Å². The van der Waals surface area contributed by atoms with E-state index in [0.717, 1.165) is 11.1 Å². The molecule has 4 bridgehead atoms. The molecule has 1 aromatic rings. The SMILES string of the molecule is COc1cc2cc(c1Br)N(C)C(=O)C[C@H](OC(=O)C(C)C)[C@]1(C)O[C@H]1[C@H](C)[C@@H]1C[C@@](O)(NC(=O)O1)[C@H](OC)/C=C/C=C(\C)C2. The summed E-state index contributed by atoms with van der Waals surface area (Å²) in [7, 11) is 4.68. The molecule has 1 aromatic carbocycles. The molecule has 3 aliphatic rings. The normalized spacial score (nSPS) is 34.7. The van der Waals surface area contributed by atoms with Gasteiger partial charge in [0.2, 0.25) is 5.91 Å². The zero-order valence-electron chi connectivity index (χ0n) is 26.5. The van der Waals surface area contributed by atoms with Crippen LogP contribution in [0.5, 0.6) is 5.75 Å². The maximum Gasteiger partial charge on any atom is 0.409 e. The molecule has 3 heterocycles. The van der Waals surface area contributed by atoms with Crippen LogP contribution in [0, 0.1) is 11.8 Å². The number of methoxy groups -OCH3 is 2. The zero-order chi connectivity index (χ0) is 32.6. The lowest BCUT2D eigenvalue weighted by Crippen LogP contribution is -2.63. The van der Waals surface area contributed by atoms with Crippen LogP contribution in [0.3, 0.4) is 0 Å². The number of fused-ring (bicyclic) bond motifs is 5. The van der Waals surface area contributed by atoms with E-state index in [4.69, 9.17) is 23.7 Å². The molecule has 0 unspecified atom stereocenters. The first kappa shape index (κ1) is 34.0. The summed E-state index contributed by atoms with van der Waals surface area (Å²) in [6.07, 6.45) is 1.86. The summed E-state index contributed by atoms with van der Waals surface area (Å²) in [5.74, 6) is -1.05. The van der Waals surface area contributed by atoms with Gasteiger partial charge in [0, 0.05) is 26.5 Å². The Bertz CT molecular complexity index is 1350. The van der Waals surface area contributed by atoms with Crippen LogP contribution in [0.1, 0.15) is 53.0 Å². The second kappa shape index (κ2) is 13.2. The molecule has 11 nitrogen and oxygen atoms in total. The van der Waals surface area contributed by atoms with Crippen molar-refractivity contribution in [1.82, 2.24) is 5.32 Å². The molecule has 0 radical (unpaired) electrons. The molecule has 0 aromatic heterocycles. The van der Waals surface area contributed by atoms with Gasteiger partial charge in [-0.25, -0.2) is 4.79 Å². The van der Waals surface area contributed by atoms with Crippen LogP contribution >= 0.6 is 15.9 Å². The smallest absolute Gasteiger partial charge is 0.409 e. The van der Waals surface area contributed by atoms with Gasteiger partial charge in [-0.15, -0.1) is 0 Å². The highest BCUT2D eigenvalue weighted by molar-refractivity contribution is 9.10. The van der Waals surface area contributed by atoms with E-state index in [1.54, 1.807) is 47.1 Å². The predicted octanol–water partition coefficient (Wildman–Crippen LogP) is 4.43. The molecule has 2 fully saturated rings. The summed E-state index contributed by atoms with van der Waals surface area (Å²) in [6, 6.07) is 3.80. The molecule has 4 rings (SSSR count). The Labute approximate surface area is 267 Å². The third kappa shape index (κ3) is 6.98. The number of carbonyl (C=O) groups excluding carboxylic acids is 3. The first-order valence-corrected chi connectivity index (χ1v) is 15.5. The van der Waals surface area contributed by atoms with Gasteiger partial charge in [-0.2, -0.15) is 0 Å². The minimum absolute atomic E-state index is 0.0131. The van der Waals surface area contributed by atoms with E-state index in [0.29, 0.717) is 22.3 Å². The molecule has 0 saturated carbocycles. The average Bonchev–Trinajstić information content (AvgIpc) is 3.66. The van der Waals surface area contributed by atoms with Gasteiger partial charge in [0.1, 0.15) is 29.7 Å². The number of nitrogens with zero attached hydrogens (tertiary/aromatic N) is 1. The van der Waals surface area contributed by atoms with Gasteiger partial charge in [-0.3, -0.25) is 14.9 Å². The van der Waals surface area contributed by atoms with Crippen molar-refractivity contribution in [2.24, 2.45) is 11.8 Å². The topological polar surface area (TPSA) is 136 Å². The number of allylic oxidation sites excluding steroid dienone is 3. The Hall–Kier alpha value is -2.93. The summed E-state index contributed by atoms with van der Waals surface area (Å²) >= 11 is 3.60. The number of hydrogen-bond acceptors (Lipinski definition) is 9. The fourth-order valence-corrected chi connectivity index (χ4v) is 6.54. The van der Waals surface area contributed by atoms with Gasteiger partial charge in [-0.1, -0.05) is 44.6 Å². The number of halogens is 1. The van der Waals surface area contributed by atoms with E-state index < -0.39 is 59.6 Å². The monoisotopic (exact) mass is 678 g/mol. The number of hydrogen-bond donors (Lipinski definition) is 2. The summed E-state index contributed by atoms with van der Waals surface area (Å²) in [4.78, 5) is 40.8. The van der Waals surface area contributed by atoms with Crippen molar-refractivity contribution in [3.8, 4) is 5.75 Å². The Balaban J connectivity index is 1.80. The largest absolute Gasteiger partial charge is 0.495 e. The van der Waals surface area contributed by atoms with Crippen LogP contribution < -0.4 is 15.0 Å². The summed E-state index contributed by atoms with van der Waals surface area (Å²) in [5, 5.41) is 14.1. The fourth-order valence-electron chi connectivity index (χ4n) is 5.88. The Morgan fingerprint density at radius 1 is 1.25 bits per heavy atom. The van der Waals surface area contributed by atoms with E-state index in [2.05, 4.69) is 21.2 Å². The molecule has 0 spiro atoms. The molecule has 12 heteroatoms. The van der Waals surface area contributed by atoms with Crippen LogP contribution in [-0.2, 0) is 35.0 Å². The highest BCUT2D eigenvalue weighted by Gasteiger charge is 2.64. The lowest BCUT2D eigenvalue weighted by Gasteiger charge is -2.42. The lowest BCUT2D eigenvalue weighted by atomic mass is 9.83. The lowest BCUT2D eigenvalue weighted by molar-refractivity contribution is -0.157.